The van der Waals surface area contributed by atoms with Crippen molar-refractivity contribution < 1.29 is 22.9 Å². The van der Waals surface area contributed by atoms with Crippen molar-refractivity contribution in [2.45, 2.75) is 19.0 Å². The Morgan fingerprint density at radius 1 is 1.09 bits per heavy atom. The van der Waals surface area contributed by atoms with Gasteiger partial charge in [-0.05, 0) is 49.7 Å². The molecule has 0 unspecified atom stereocenters. The van der Waals surface area contributed by atoms with Gasteiger partial charge in [0, 0.05) is 30.9 Å². The lowest BCUT2D eigenvalue weighted by Crippen LogP contribution is -2.33. The number of carbonyl (C=O) groups excluding carboxylic acids is 1. The average molecular weight is 472 g/mol. The van der Waals surface area contributed by atoms with Crippen LogP contribution < -0.4 is 5.32 Å². The molecular weight excluding hydrogens is 449 g/mol. The number of nitrogens with one attached hydrogen (secondary N) is 2. The Hall–Kier alpha value is -3.66. The van der Waals surface area contributed by atoms with E-state index in [1.807, 2.05) is 0 Å². The molecule has 7 nitrogen and oxygen atoms in total. The van der Waals surface area contributed by atoms with Gasteiger partial charge in [-0.3, -0.25) is 14.9 Å². The van der Waals surface area contributed by atoms with E-state index in [1.54, 1.807) is 6.07 Å². The van der Waals surface area contributed by atoms with Crippen LogP contribution in [0.25, 0.3) is 22.4 Å². The molecular formula is C24H23F3N4O3. The second-order valence-electron chi connectivity index (χ2n) is 8.11. The first-order valence-corrected chi connectivity index (χ1v) is 10.9. The van der Waals surface area contributed by atoms with Gasteiger partial charge < -0.3 is 15.2 Å². The molecule has 1 aliphatic rings. The zero-order valence-corrected chi connectivity index (χ0v) is 18.2. The normalized spacial score (nSPS) is 14.3. The summed E-state index contributed by atoms with van der Waals surface area (Å²) in [6, 6.07) is 10.4. The minimum absolute atomic E-state index is 0.186. The van der Waals surface area contributed by atoms with Crippen molar-refractivity contribution >= 4 is 11.6 Å². The summed E-state index contributed by atoms with van der Waals surface area (Å²) in [5, 5.41) is 14.5. The number of hydrogen-bond acceptors (Lipinski definition) is 4. The number of likely N-dealkylation sites (tertiary alicyclic amines) is 1. The van der Waals surface area contributed by atoms with Crippen LogP contribution in [0.2, 0.25) is 0 Å². The molecule has 1 amide bonds. The van der Waals surface area contributed by atoms with Gasteiger partial charge in [-0.15, -0.1) is 0 Å². The number of rotatable bonds is 7. The Morgan fingerprint density at radius 2 is 1.76 bits per heavy atom. The van der Waals surface area contributed by atoms with Crippen molar-refractivity contribution in [2.75, 3.05) is 26.2 Å². The topological polar surface area (TPSA) is 91.3 Å². The quantitative estimate of drug-likeness (QED) is 0.370. The lowest BCUT2D eigenvalue weighted by atomic mass is 9.95. The molecule has 2 heterocycles. The first-order chi connectivity index (χ1) is 16.3. The number of halogens is 3. The molecule has 0 atom stereocenters. The van der Waals surface area contributed by atoms with Crippen molar-refractivity contribution in [3.05, 3.63) is 76.0 Å². The highest BCUT2D eigenvalue weighted by molar-refractivity contribution is 6.05. The van der Waals surface area contributed by atoms with E-state index in [9.17, 15) is 28.1 Å². The number of hydrogen-bond donors (Lipinski definition) is 2. The summed E-state index contributed by atoms with van der Waals surface area (Å²) in [5.74, 6) is -0.415. The van der Waals surface area contributed by atoms with Gasteiger partial charge in [-0.2, -0.15) is 13.2 Å². The fourth-order valence-corrected chi connectivity index (χ4v) is 4.21. The first-order valence-electron chi connectivity index (χ1n) is 10.9. The van der Waals surface area contributed by atoms with Gasteiger partial charge in [0.1, 0.15) is 0 Å². The van der Waals surface area contributed by atoms with Crippen LogP contribution in [0.15, 0.2) is 54.7 Å². The van der Waals surface area contributed by atoms with Crippen LogP contribution >= 0.6 is 0 Å². The van der Waals surface area contributed by atoms with Gasteiger partial charge in [-0.25, -0.2) is 0 Å². The second kappa shape index (κ2) is 9.68. The number of benzene rings is 2. The Balaban J connectivity index is 1.72. The molecule has 1 fully saturated rings. The highest BCUT2D eigenvalue weighted by Gasteiger charge is 2.31. The van der Waals surface area contributed by atoms with Crippen molar-refractivity contribution in [1.82, 2.24) is 15.2 Å². The lowest BCUT2D eigenvalue weighted by Gasteiger charge is -2.15. The van der Waals surface area contributed by atoms with Crippen molar-refractivity contribution in [2.24, 2.45) is 0 Å². The van der Waals surface area contributed by atoms with E-state index in [0.717, 1.165) is 38.1 Å². The fourth-order valence-electron chi connectivity index (χ4n) is 4.21. The third-order valence-electron chi connectivity index (χ3n) is 5.91. The molecule has 178 valence electrons. The van der Waals surface area contributed by atoms with E-state index in [-0.39, 0.29) is 22.4 Å². The van der Waals surface area contributed by atoms with E-state index in [0.29, 0.717) is 24.3 Å². The maximum atomic E-state index is 13.1. The fraction of sp³-hybridized carbons (Fsp3) is 0.292. The number of nitrogens with zero attached hydrogens (tertiary/aromatic N) is 2. The lowest BCUT2D eigenvalue weighted by molar-refractivity contribution is -0.384. The summed E-state index contributed by atoms with van der Waals surface area (Å²) >= 11 is 0. The number of para-hydroxylation sites is 1. The second-order valence-corrected chi connectivity index (χ2v) is 8.11. The molecule has 10 heteroatoms. The Bertz CT molecular complexity index is 1180. The molecule has 2 N–H and O–H groups in total. The Labute approximate surface area is 193 Å². The van der Waals surface area contributed by atoms with Crippen molar-refractivity contribution in [3.8, 4) is 22.4 Å². The van der Waals surface area contributed by atoms with E-state index < -0.39 is 22.6 Å². The van der Waals surface area contributed by atoms with Gasteiger partial charge in [0.2, 0.25) is 0 Å². The number of aromatic nitrogens is 1. The molecule has 0 radical (unpaired) electrons. The standard InChI is InChI=1S/C24H23F3N4O3/c25-24(26,27)17-9-7-16(8-10-17)22-21(18-5-1-2-6-20(18)31(33)34)19(15-29-22)23(32)28-11-14-30-12-3-4-13-30/h1-2,5-10,15,29H,3-4,11-14H2,(H,28,32). The zero-order chi connectivity index (χ0) is 24.3. The Kier molecular flexibility index (Phi) is 6.69. The van der Waals surface area contributed by atoms with Crippen LogP contribution in [0.1, 0.15) is 28.8 Å². The molecule has 1 saturated heterocycles. The van der Waals surface area contributed by atoms with Crippen LogP contribution in [0, 0.1) is 10.1 Å². The van der Waals surface area contributed by atoms with Gasteiger partial charge in [0.05, 0.1) is 27.3 Å². The number of nitro benzene ring substituents is 1. The number of aromatic amines is 1. The van der Waals surface area contributed by atoms with Crippen LogP contribution in [-0.2, 0) is 6.18 Å². The molecule has 1 aromatic heterocycles. The number of nitro groups is 1. The summed E-state index contributed by atoms with van der Waals surface area (Å²) in [6.45, 7) is 3.08. The smallest absolute Gasteiger partial charge is 0.360 e. The number of alkyl halides is 3. The van der Waals surface area contributed by atoms with E-state index in [1.165, 1.54) is 36.5 Å². The van der Waals surface area contributed by atoms with Gasteiger partial charge in [0.15, 0.2) is 0 Å². The number of H-pyrrole nitrogens is 1. The minimum atomic E-state index is -4.49. The third kappa shape index (κ3) is 4.96. The first kappa shape index (κ1) is 23.5. The van der Waals surface area contributed by atoms with Crippen LogP contribution in [0.4, 0.5) is 18.9 Å². The zero-order valence-electron chi connectivity index (χ0n) is 18.2. The van der Waals surface area contributed by atoms with Crippen molar-refractivity contribution in [3.63, 3.8) is 0 Å². The average Bonchev–Trinajstić information content (AvgIpc) is 3.48. The van der Waals surface area contributed by atoms with Gasteiger partial charge in [-0.1, -0.05) is 24.3 Å². The summed E-state index contributed by atoms with van der Waals surface area (Å²) in [6.07, 6.45) is -0.798. The van der Waals surface area contributed by atoms with E-state index in [4.69, 9.17) is 0 Å². The molecule has 3 aromatic rings. The highest BCUT2D eigenvalue weighted by atomic mass is 19.4. The molecule has 0 spiro atoms. The molecule has 1 aliphatic heterocycles. The van der Waals surface area contributed by atoms with Gasteiger partial charge >= 0.3 is 6.18 Å². The van der Waals surface area contributed by atoms with Gasteiger partial charge in [0.25, 0.3) is 11.6 Å². The maximum absolute atomic E-state index is 13.1. The SMILES string of the molecule is O=C(NCCN1CCCC1)c1c[nH]c(-c2ccc(C(F)(F)F)cc2)c1-c1ccccc1[N+](=O)[O-]. The maximum Gasteiger partial charge on any atom is 0.416 e. The number of carbonyl (C=O) groups is 1. The largest absolute Gasteiger partial charge is 0.416 e. The highest BCUT2D eigenvalue weighted by Crippen LogP contribution is 2.40. The minimum Gasteiger partial charge on any atom is -0.360 e. The molecule has 0 bridgehead atoms. The molecule has 34 heavy (non-hydrogen) atoms. The monoisotopic (exact) mass is 472 g/mol. The van der Waals surface area contributed by atoms with Crippen molar-refractivity contribution in [1.29, 1.82) is 0 Å². The number of amides is 1. The predicted molar refractivity (Wildman–Crippen MR) is 121 cm³/mol. The van der Waals surface area contributed by atoms with E-state index in [2.05, 4.69) is 15.2 Å². The van der Waals surface area contributed by atoms with Crippen LogP contribution in [-0.4, -0.2) is 46.9 Å². The summed E-state index contributed by atoms with van der Waals surface area (Å²) < 4.78 is 39.0. The van der Waals surface area contributed by atoms with Crippen LogP contribution in [0.5, 0.6) is 0 Å². The summed E-state index contributed by atoms with van der Waals surface area (Å²) in [7, 11) is 0. The summed E-state index contributed by atoms with van der Waals surface area (Å²) in [5.41, 5.74) is 0.339. The van der Waals surface area contributed by atoms with E-state index >= 15 is 0 Å². The molecule has 0 aliphatic carbocycles. The van der Waals surface area contributed by atoms with Crippen LogP contribution in [0.3, 0.4) is 0 Å². The molecule has 2 aromatic carbocycles. The third-order valence-corrected chi connectivity index (χ3v) is 5.91. The Morgan fingerprint density at radius 3 is 2.41 bits per heavy atom. The molecule has 4 rings (SSSR count). The summed E-state index contributed by atoms with van der Waals surface area (Å²) in [4.78, 5) is 29.4. The predicted octanol–water partition coefficient (Wildman–Crippen LogP) is 5.10. The molecule has 0 saturated carbocycles.